The van der Waals surface area contributed by atoms with Crippen molar-refractivity contribution in [3.63, 3.8) is 0 Å². The number of hydrogen-bond acceptors (Lipinski definition) is 1. The average Bonchev–Trinajstić information content (AvgIpc) is 2.09. The van der Waals surface area contributed by atoms with Crippen molar-refractivity contribution in [2.24, 2.45) is 0 Å². The van der Waals surface area contributed by atoms with Crippen LogP contribution >= 0.6 is 27.5 Å². The van der Waals surface area contributed by atoms with Crippen molar-refractivity contribution in [2.45, 2.75) is 5.33 Å². The lowest BCUT2D eigenvalue weighted by Crippen LogP contribution is -1.91. The topological polar surface area (TPSA) is 9.23 Å². The lowest BCUT2D eigenvalue weighted by Gasteiger charge is -2.06. The highest BCUT2D eigenvalue weighted by atomic mass is 79.9. The SMILES string of the molecule is COc1cc(F)c(Cl)cc1CBr. The van der Waals surface area contributed by atoms with Crippen LogP contribution in [0.25, 0.3) is 0 Å². The van der Waals surface area contributed by atoms with Crippen LogP contribution in [0, 0.1) is 5.82 Å². The molecule has 0 radical (unpaired) electrons. The number of ether oxygens (including phenoxy) is 1. The van der Waals surface area contributed by atoms with Crippen molar-refractivity contribution in [3.8, 4) is 5.75 Å². The molecule has 0 aliphatic carbocycles. The molecule has 66 valence electrons. The minimum Gasteiger partial charge on any atom is -0.496 e. The second-order valence-electron chi connectivity index (χ2n) is 2.21. The summed E-state index contributed by atoms with van der Waals surface area (Å²) in [5.41, 5.74) is 0.837. The highest BCUT2D eigenvalue weighted by Crippen LogP contribution is 2.27. The predicted octanol–water partition coefficient (Wildman–Crippen LogP) is 3.38. The van der Waals surface area contributed by atoms with Crippen molar-refractivity contribution in [1.82, 2.24) is 0 Å². The molecule has 0 N–H and O–H groups in total. The Hall–Kier alpha value is -0.280. The molecule has 0 saturated heterocycles. The van der Waals surface area contributed by atoms with E-state index in [1.165, 1.54) is 13.2 Å². The van der Waals surface area contributed by atoms with Gasteiger partial charge in [0.2, 0.25) is 0 Å². The molecular formula is C8H7BrClFO. The van der Waals surface area contributed by atoms with Gasteiger partial charge in [-0.15, -0.1) is 0 Å². The van der Waals surface area contributed by atoms with Gasteiger partial charge in [-0.05, 0) is 6.07 Å². The van der Waals surface area contributed by atoms with E-state index in [9.17, 15) is 4.39 Å². The summed E-state index contributed by atoms with van der Waals surface area (Å²) in [6.45, 7) is 0. The van der Waals surface area contributed by atoms with Gasteiger partial charge in [0.25, 0.3) is 0 Å². The van der Waals surface area contributed by atoms with Gasteiger partial charge >= 0.3 is 0 Å². The zero-order valence-electron chi connectivity index (χ0n) is 6.40. The Labute approximate surface area is 83.6 Å². The first-order chi connectivity index (χ1) is 5.69. The van der Waals surface area contributed by atoms with Gasteiger partial charge in [0.05, 0.1) is 12.1 Å². The fraction of sp³-hybridized carbons (Fsp3) is 0.250. The summed E-state index contributed by atoms with van der Waals surface area (Å²) >= 11 is 8.82. The lowest BCUT2D eigenvalue weighted by atomic mass is 10.2. The molecule has 1 rings (SSSR count). The molecule has 0 aliphatic heterocycles. The molecule has 0 atom stereocenters. The minimum atomic E-state index is -0.460. The van der Waals surface area contributed by atoms with E-state index in [1.807, 2.05) is 0 Å². The normalized spacial score (nSPS) is 10.0. The van der Waals surface area contributed by atoms with Crippen LogP contribution in [0.4, 0.5) is 4.39 Å². The number of alkyl halides is 1. The third-order valence-electron chi connectivity index (χ3n) is 1.47. The summed E-state index contributed by atoms with van der Waals surface area (Å²) in [5, 5.41) is 0.709. The van der Waals surface area contributed by atoms with Crippen molar-refractivity contribution in [2.75, 3.05) is 7.11 Å². The molecule has 1 aromatic rings. The van der Waals surface area contributed by atoms with Gasteiger partial charge in [-0.2, -0.15) is 0 Å². The van der Waals surface area contributed by atoms with E-state index in [2.05, 4.69) is 15.9 Å². The first kappa shape index (κ1) is 9.81. The molecule has 0 aliphatic rings. The third-order valence-corrected chi connectivity index (χ3v) is 2.36. The van der Waals surface area contributed by atoms with E-state index in [4.69, 9.17) is 16.3 Å². The van der Waals surface area contributed by atoms with Crippen molar-refractivity contribution < 1.29 is 9.13 Å². The molecule has 0 spiro atoms. The molecule has 0 bridgehead atoms. The van der Waals surface area contributed by atoms with Gasteiger partial charge in [0.15, 0.2) is 0 Å². The summed E-state index contributed by atoms with van der Waals surface area (Å²) in [6.07, 6.45) is 0. The highest BCUT2D eigenvalue weighted by Gasteiger charge is 2.07. The quantitative estimate of drug-likeness (QED) is 0.734. The third kappa shape index (κ3) is 1.90. The maximum absolute atomic E-state index is 12.9. The average molecular weight is 253 g/mol. The van der Waals surface area contributed by atoms with E-state index >= 15 is 0 Å². The van der Waals surface area contributed by atoms with Crippen LogP contribution in [-0.4, -0.2) is 7.11 Å². The summed E-state index contributed by atoms with van der Waals surface area (Å²) in [5.74, 6) is 0.0481. The summed E-state index contributed by atoms with van der Waals surface area (Å²) in [6, 6.07) is 2.82. The fourth-order valence-electron chi connectivity index (χ4n) is 0.864. The second-order valence-corrected chi connectivity index (χ2v) is 3.18. The Morgan fingerprint density at radius 2 is 2.25 bits per heavy atom. The standard InChI is InChI=1S/C8H7BrClFO/c1-12-8-3-7(11)6(10)2-5(8)4-9/h2-3H,4H2,1H3. The van der Waals surface area contributed by atoms with E-state index in [0.29, 0.717) is 11.1 Å². The molecule has 1 nitrogen and oxygen atoms in total. The summed E-state index contributed by atoms with van der Waals surface area (Å²) in [7, 11) is 1.49. The molecule has 0 aromatic heterocycles. The second kappa shape index (κ2) is 4.10. The highest BCUT2D eigenvalue weighted by molar-refractivity contribution is 9.08. The van der Waals surface area contributed by atoms with Gasteiger partial charge in [-0.25, -0.2) is 4.39 Å². The zero-order chi connectivity index (χ0) is 9.14. The molecule has 0 unspecified atom stereocenters. The fourth-order valence-corrected chi connectivity index (χ4v) is 1.49. The van der Waals surface area contributed by atoms with E-state index in [1.54, 1.807) is 6.07 Å². The van der Waals surface area contributed by atoms with Crippen LogP contribution in [0.2, 0.25) is 5.02 Å². The number of methoxy groups -OCH3 is 1. The Kier molecular flexibility index (Phi) is 3.35. The van der Waals surface area contributed by atoms with Gasteiger partial charge in [-0.3, -0.25) is 0 Å². The van der Waals surface area contributed by atoms with Crippen LogP contribution in [0.3, 0.4) is 0 Å². The van der Waals surface area contributed by atoms with E-state index in [-0.39, 0.29) is 5.02 Å². The maximum atomic E-state index is 12.9. The zero-order valence-corrected chi connectivity index (χ0v) is 8.75. The van der Waals surface area contributed by atoms with Crippen molar-refractivity contribution in [3.05, 3.63) is 28.5 Å². The Morgan fingerprint density at radius 1 is 1.58 bits per heavy atom. The minimum absolute atomic E-state index is 0.116. The van der Waals surface area contributed by atoms with E-state index < -0.39 is 5.82 Å². The van der Waals surface area contributed by atoms with Gasteiger partial charge in [0, 0.05) is 17.0 Å². The van der Waals surface area contributed by atoms with Gasteiger partial charge in [-0.1, -0.05) is 27.5 Å². The molecule has 0 amide bonds. The molecule has 0 heterocycles. The van der Waals surface area contributed by atoms with Crippen molar-refractivity contribution in [1.29, 1.82) is 0 Å². The van der Waals surface area contributed by atoms with Crippen LogP contribution < -0.4 is 4.74 Å². The maximum Gasteiger partial charge on any atom is 0.145 e. The monoisotopic (exact) mass is 252 g/mol. The van der Waals surface area contributed by atoms with Gasteiger partial charge in [0.1, 0.15) is 11.6 Å². The first-order valence-corrected chi connectivity index (χ1v) is 4.77. The smallest absolute Gasteiger partial charge is 0.145 e. The molecule has 12 heavy (non-hydrogen) atoms. The lowest BCUT2D eigenvalue weighted by molar-refractivity contribution is 0.408. The Bertz CT molecular complexity index is 262. The van der Waals surface area contributed by atoms with Crippen LogP contribution in [0.1, 0.15) is 5.56 Å². The van der Waals surface area contributed by atoms with E-state index in [0.717, 1.165) is 5.56 Å². The van der Waals surface area contributed by atoms with Crippen molar-refractivity contribution >= 4 is 27.5 Å². The number of rotatable bonds is 2. The molecule has 1 aromatic carbocycles. The number of hydrogen-bond donors (Lipinski definition) is 0. The van der Waals surface area contributed by atoms with Crippen LogP contribution in [-0.2, 0) is 5.33 Å². The Balaban J connectivity index is 3.19. The van der Waals surface area contributed by atoms with Gasteiger partial charge < -0.3 is 4.74 Å². The largest absolute Gasteiger partial charge is 0.496 e. The summed E-state index contributed by atoms with van der Waals surface area (Å²) < 4.78 is 17.8. The predicted molar refractivity (Wildman–Crippen MR) is 50.6 cm³/mol. The molecule has 0 fully saturated rings. The van der Waals surface area contributed by atoms with Crippen LogP contribution in [0.5, 0.6) is 5.75 Å². The molecule has 0 saturated carbocycles. The molecular weight excluding hydrogens is 246 g/mol. The molecule has 4 heteroatoms. The first-order valence-electron chi connectivity index (χ1n) is 3.27. The Morgan fingerprint density at radius 3 is 2.75 bits per heavy atom. The number of halogens is 3. The summed E-state index contributed by atoms with van der Waals surface area (Å²) in [4.78, 5) is 0. The van der Waals surface area contributed by atoms with Crippen LogP contribution in [0.15, 0.2) is 12.1 Å². The number of benzene rings is 1.